The van der Waals surface area contributed by atoms with E-state index in [4.69, 9.17) is 4.74 Å². The zero-order valence-corrected chi connectivity index (χ0v) is 19.5. The zero-order chi connectivity index (χ0) is 24.2. The van der Waals surface area contributed by atoms with E-state index in [1.165, 1.54) is 0 Å². The Bertz CT molecular complexity index is 1540. The van der Waals surface area contributed by atoms with Crippen LogP contribution in [-0.2, 0) is 22.6 Å². The summed E-state index contributed by atoms with van der Waals surface area (Å²) in [6.45, 7) is 1.09. The van der Waals surface area contributed by atoms with E-state index in [0.717, 1.165) is 22.2 Å². The van der Waals surface area contributed by atoms with E-state index in [1.807, 2.05) is 59.2 Å². The minimum absolute atomic E-state index is 0.0867. The van der Waals surface area contributed by atoms with Crippen molar-refractivity contribution in [3.63, 3.8) is 0 Å². The molecule has 0 atom stereocenters. The van der Waals surface area contributed by atoms with Crippen LogP contribution in [0.4, 0.5) is 0 Å². The van der Waals surface area contributed by atoms with Gasteiger partial charge in [0.2, 0.25) is 5.91 Å². The summed E-state index contributed by atoms with van der Waals surface area (Å²) >= 11 is 0. The zero-order valence-electron chi connectivity index (χ0n) is 19.5. The molecule has 0 saturated carbocycles. The average Bonchev–Trinajstić information content (AvgIpc) is 3.25. The molecule has 0 aliphatic heterocycles. The Morgan fingerprint density at radius 1 is 1.00 bits per heavy atom. The highest BCUT2D eigenvalue weighted by Crippen LogP contribution is 2.28. The molecule has 176 valence electrons. The van der Waals surface area contributed by atoms with Crippen LogP contribution in [0.15, 0.2) is 89.7 Å². The van der Waals surface area contributed by atoms with Gasteiger partial charge in [0.05, 0.1) is 24.1 Å². The second kappa shape index (κ2) is 9.95. The lowest BCUT2D eigenvalue weighted by molar-refractivity contribution is -0.133. The predicted molar refractivity (Wildman–Crippen MR) is 137 cm³/mol. The van der Waals surface area contributed by atoms with Gasteiger partial charge in [-0.05, 0) is 29.8 Å². The number of amides is 1. The van der Waals surface area contributed by atoms with Crippen molar-refractivity contribution in [2.24, 2.45) is 0 Å². The normalized spacial score (nSPS) is 11.2. The minimum Gasteiger partial charge on any atom is -0.383 e. The number of ether oxygens (including phenoxy) is 1. The fourth-order valence-electron chi connectivity index (χ4n) is 4.35. The van der Waals surface area contributed by atoms with Gasteiger partial charge < -0.3 is 19.2 Å². The number of para-hydroxylation sites is 2. The fourth-order valence-corrected chi connectivity index (χ4v) is 4.35. The number of carbonyl (C=O) groups excluding carboxylic acids is 1. The van der Waals surface area contributed by atoms with Crippen LogP contribution in [0.1, 0.15) is 5.82 Å². The summed E-state index contributed by atoms with van der Waals surface area (Å²) in [5, 5.41) is 1.60. The highest BCUT2D eigenvalue weighted by Gasteiger charge is 2.19. The summed E-state index contributed by atoms with van der Waals surface area (Å²) in [7, 11) is 1.60. The number of nitrogens with zero attached hydrogens (tertiary/aromatic N) is 3. The standard InChI is InChI=1S/C28H26N4O3/c1-35-16-15-31(18-26-29-23-13-7-6-12-22(23)28(34)30-26)27(33)19-32-24-14-8-5-11-21(24)17-25(32)20-9-3-2-4-10-20/h2-14,17H,15-16,18-19H2,1H3,(H,29,30,34). The summed E-state index contributed by atoms with van der Waals surface area (Å²) < 4.78 is 7.30. The molecule has 35 heavy (non-hydrogen) atoms. The Morgan fingerprint density at radius 3 is 2.57 bits per heavy atom. The van der Waals surface area contributed by atoms with E-state index < -0.39 is 0 Å². The van der Waals surface area contributed by atoms with Crippen LogP contribution in [0.25, 0.3) is 33.1 Å². The van der Waals surface area contributed by atoms with Gasteiger partial charge in [-0.15, -0.1) is 0 Å². The third-order valence-corrected chi connectivity index (χ3v) is 6.09. The first kappa shape index (κ1) is 22.6. The van der Waals surface area contributed by atoms with Gasteiger partial charge in [0.1, 0.15) is 12.4 Å². The van der Waals surface area contributed by atoms with Gasteiger partial charge in [-0.3, -0.25) is 9.59 Å². The molecule has 1 N–H and O–H groups in total. The summed E-state index contributed by atoms with van der Waals surface area (Å²) in [5.41, 5.74) is 3.40. The Balaban J connectivity index is 1.48. The van der Waals surface area contributed by atoms with Gasteiger partial charge in [0.15, 0.2) is 0 Å². The maximum Gasteiger partial charge on any atom is 0.258 e. The molecule has 3 aromatic carbocycles. The summed E-state index contributed by atoms with van der Waals surface area (Å²) in [4.78, 5) is 35.3. The van der Waals surface area contributed by atoms with Gasteiger partial charge in [0.25, 0.3) is 5.56 Å². The van der Waals surface area contributed by atoms with E-state index in [9.17, 15) is 9.59 Å². The van der Waals surface area contributed by atoms with Gasteiger partial charge >= 0.3 is 0 Å². The number of rotatable bonds is 8. The monoisotopic (exact) mass is 466 g/mol. The van der Waals surface area contributed by atoms with E-state index >= 15 is 0 Å². The van der Waals surface area contributed by atoms with Gasteiger partial charge in [-0.25, -0.2) is 4.98 Å². The third kappa shape index (κ3) is 4.72. The first-order valence-corrected chi connectivity index (χ1v) is 11.5. The number of aromatic amines is 1. The minimum atomic E-state index is -0.215. The molecular formula is C28H26N4O3. The average molecular weight is 467 g/mol. The van der Waals surface area contributed by atoms with Gasteiger partial charge in [0, 0.05) is 30.3 Å². The van der Waals surface area contributed by atoms with Crippen molar-refractivity contribution in [2.45, 2.75) is 13.1 Å². The second-order valence-electron chi connectivity index (χ2n) is 8.38. The SMILES string of the molecule is COCCN(Cc1nc2ccccc2c(=O)[nH]1)C(=O)Cn1c(-c2ccccc2)cc2ccccc21. The topological polar surface area (TPSA) is 80.2 Å². The van der Waals surface area contributed by atoms with Crippen molar-refractivity contribution in [2.75, 3.05) is 20.3 Å². The van der Waals surface area contributed by atoms with Crippen LogP contribution >= 0.6 is 0 Å². The first-order chi connectivity index (χ1) is 17.1. The molecule has 5 rings (SSSR count). The molecule has 0 radical (unpaired) electrons. The molecule has 2 heterocycles. The predicted octanol–water partition coefficient (Wildman–Crippen LogP) is 4.22. The third-order valence-electron chi connectivity index (χ3n) is 6.09. The molecule has 5 aromatic rings. The lowest BCUT2D eigenvalue weighted by Crippen LogP contribution is -2.37. The van der Waals surface area contributed by atoms with E-state index in [1.54, 1.807) is 30.2 Å². The number of fused-ring (bicyclic) bond motifs is 2. The molecular weight excluding hydrogens is 440 g/mol. The molecule has 7 nitrogen and oxygen atoms in total. The quantitative estimate of drug-likeness (QED) is 0.371. The second-order valence-corrected chi connectivity index (χ2v) is 8.38. The molecule has 0 spiro atoms. The Hall–Kier alpha value is -4.23. The molecule has 0 aliphatic rings. The highest BCUT2D eigenvalue weighted by molar-refractivity contribution is 5.89. The van der Waals surface area contributed by atoms with Crippen molar-refractivity contribution >= 4 is 27.7 Å². The Morgan fingerprint density at radius 2 is 1.74 bits per heavy atom. The first-order valence-electron chi connectivity index (χ1n) is 11.5. The van der Waals surface area contributed by atoms with Crippen LogP contribution in [-0.4, -0.2) is 45.6 Å². The van der Waals surface area contributed by atoms with Crippen molar-refractivity contribution < 1.29 is 9.53 Å². The maximum absolute atomic E-state index is 13.6. The van der Waals surface area contributed by atoms with Crippen molar-refractivity contribution in [3.05, 3.63) is 101 Å². The Labute approximate surface area is 202 Å². The van der Waals surface area contributed by atoms with E-state index in [-0.39, 0.29) is 24.6 Å². The molecule has 1 amide bonds. The van der Waals surface area contributed by atoms with Crippen LogP contribution in [0.2, 0.25) is 0 Å². The number of benzene rings is 3. The van der Waals surface area contributed by atoms with E-state index in [0.29, 0.717) is 29.9 Å². The van der Waals surface area contributed by atoms with Crippen molar-refractivity contribution in [1.29, 1.82) is 0 Å². The van der Waals surface area contributed by atoms with E-state index in [2.05, 4.69) is 22.1 Å². The molecule has 0 unspecified atom stereocenters. The number of nitrogens with one attached hydrogen (secondary N) is 1. The number of H-pyrrole nitrogens is 1. The molecule has 7 heteroatoms. The smallest absolute Gasteiger partial charge is 0.258 e. The van der Waals surface area contributed by atoms with Gasteiger partial charge in [-0.1, -0.05) is 60.7 Å². The van der Waals surface area contributed by atoms with Crippen LogP contribution in [0, 0.1) is 0 Å². The fraction of sp³-hybridized carbons (Fsp3) is 0.179. The number of hydrogen-bond donors (Lipinski definition) is 1. The molecule has 0 bridgehead atoms. The largest absolute Gasteiger partial charge is 0.383 e. The summed E-state index contributed by atoms with van der Waals surface area (Å²) in [5.74, 6) is 0.357. The van der Waals surface area contributed by atoms with Crippen LogP contribution < -0.4 is 5.56 Å². The lowest BCUT2D eigenvalue weighted by atomic mass is 10.1. The summed E-state index contributed by atoms with van der Waals surface area (Å²) in [6, 6.07) is 27.4. The molecule has 0 saturated heterocycles. The maximum atomic E-state index is 13.6. The van der Waals surface area contributed by atoms with Crippen molar-refractivity contribution in [3.8, 4) is 11.3 Å². The highest BCUT2D eigenvalue weighted by atomic mass is 16.5. The molecule has 0 aliphatic carbocycles. The van der Waals surface area contributed by atoms with Crippen LogP contribution in [0.5, 0.6) is 0 Å². The van der Waals surface area contributed by atoms with Crippen LogP contribution in [0.3, 0.4) is 0 Å². The Kier molecular flexibility index (Phi) is 6.41. The van der Waals surface area contributed by atoms with Crippen molar-refractivity contribution in [1.82, 2.24) is 19.4 Å². The number of hydrogen-bond acceptors (Lipinski definition) is 4. The van der Waals surface area contributed by atoms with Gasteiger partial charge in [-0.2, -0.15) is 0 Å². The number of aromatic nitrogens is 3. The number of methoxy groups -OCH3 is 1. The lowest BCUT2D eigenvalue weighted by Gasteiger charge is -2.23. The molecule has 2 aromatic heterocycles. The molecule has 0 fully saturated rings. The summed E-state index contributed by atoms with van der Waals surface area (Å²) in [6.07, 6.45) is 0. The number of carbonyl (C=O) groups is 1.